The molecule has 2 aliphatic heterocycles. The molecule has 0 fully saturated rings. The molecule has 24 heteroatoms. The molecular weight excluding hydrogens is 432 g/mol. The van der Waals surface area contributed by atoms with Crippen molar-refractivity contribution in [1.82, 2.24) is 0 Å². The molecule has 2 heterocycles. The number of aliphatic imine (C=N–C) groups is 2. The molecule has 0 saturated carbocycles. The highest BCUT2D eigenvalue weighted by Crippen LogP contribution is 2.29. The predicted molar refractivity (Wildman–Crippen MR) is 79.0 cm³/mol. The summed E-state index contributed by atoms with van der Waals surface area (Å²) in [6.07, 6.45) is 0. The van der Waals surface area contributed by atoms with Crippen molar-refractivity contribution in [3.8, 4) is 0 Å². The maximum atomic E-state index is 11.0. The van der Waals surface area contributed by atoms with Crippen LogP contribution in [0.2, 0.25) is 0 Å². The Morgan fingerprint density at radius 3 is 0.900 bits per heavy atom. The first-order chi connectivity index (χ1) is 13.8. The van der Waals surface area contributed by atoms with E-state index in [9.17, 15) is 60.7 Å². The second-order valence-corrected chi connectivity index (χ2v) is 4.73. The van der Waals surface area contributed by atoms with Gasteiger partial charge < -0.3 is 0 Å². The van der Waals surface area contributed by atoms with E-state index < -0.39 is 64.4 Å². The average molecular weight is 432 g/mol. The Labute approximate surface area is 156 Å². The molecule has 156 valence electrons. The summed E-state index contributed by atoms with van der Waals surface area (Å²) in [6.45, 7) is 0. The largest absolute Gasteiger partial charge is 0.765 e. The van der Waals surface area contributed by atoms with E-state index >= 15 is 0 Å². The quantitative estimate of drug-likeness (QED) is 0.248. The van der Waals surface area contributed by atoms with Gasteiger partial charge in [0.15, 0.2) is 29.5 Å². The second kappa shape index (κ2) is 6.69. The third-order valence-corrected chi connectivity index (χ3v) is 3.23. The lowest BCUT2D eigenvalue weighted by Crippen LogP contribution is -2.58. The fraction of sp³-hybridized carbons (Fsp3) is 0.333. The van der Waals surface area contributed by atoms with Crippen LogP contribution < -0.4 is 0 Å². The summed E-state index contributed by atoms with van der Waals surface area (Å²) >= 11 is 0. The maximum absolute atomic E-state index is 11.0. The third kappa shape index (κ3) is 2.55. The molecule has 0 aliphatic carbocycles. The Morgan fingerprint density at radius 1 is 0.467 bits per heavy atom. The van der Waals surface area contributed by atoms with E-state index in [2.05, 4.69) is 30.4 Å². The molecule has 0 radical (unpaired) electrons. The van der Waals surface area contributed by atoms with Crippen LogP contribution in [0, 0.1) is 60.7 Å². The maximum Gasteiger partial charge on any atom is 0.765 e. The first-order valence-electron chi connectivity index (χ1n) is 6.47. The van der Waals surface area contributed by atoms with E-state index in [0.29, 0.717) is 0 Å². The lowest BCUT2D eigenvalue weighted by atomic mass is 10.3. The molecule has 0 N–H and O–H groups in total. The van der Waals surface area contributed by atoms with Crippen molar-refractivity contribution in [3.63, 3.8) is 0 Å². The normalized spacial score (nSPS) is 18.0. The summed E-state index contributed by atoms with van der Waals surface area (Å²) in [5.74, 6) is -14.2. The van der Waals surface area contributed by atoms with Gasteiger partial charge in [-0.2, -0.15) is 9.98 Å². The molecule has 0 aromatic rings. The Kier molecular flexibility index (Phi) is 4.68. The minimum Gasteiger partial charge on any atom is -0.252 e. The lowest BCUT2D eigenvalue weighted by Gasteiger charge is -2.05. The highest BCUT2D eigenvalue weighted by molar-refractivity contribution is 5.91. The summed E-state index contributed by atoms with van der Waals surface area (Å²) in [5, 5.41) is 77.3. The summed E-state index contributed by atoms with van der Waals surface area (Å²) in [6, 6.07) is 0. The van der Waals surface area contributed by atoms with E-state index in [1.807, 2.05) is 0 Å². The van der Waals surface area contributed by atoms with Crippen LogP contribution in [0.3, 0.4) is 0 Å². The van der Waals surface area contributed by atoms with Crippen LogP contribution in [0.1, 0.15) is 0 Å². The van der Waals surface area contributed by atoms with Crippen molar-refractivity contribution in [1.29, 1.82) is 0 Å². The highest BCUT2D eigenvalue weighted by Gasteiger charge is 2.79. The van der Waals surface area contributed by atoms with Crippen LogP contribution in [0.4, 0.5) is 0 Å². The van der Waals surface area contributed by atoms with Gasteiger partial charge in [-0.3, -0.25) is 60.7 Å². The molecule has 0 amide bonds. The van der Waals surface area contributed by atoms with E-state index in [-0.39, 0.29) is 0 Å². The lowest BCUT2D eigenvalue weighted by molar-refractivity contribution is -0.945. The predicted octanol–water partition coefficient (Wildman–Crippen LogP) is -1.19. The van der Waals surface area contributed by atoms with Crippen molar-refractivity contribution >= 4 is 11.7 Å². The average Bonchev–Trinajstić information content (AvgIpc) is 3.23. The van der Waals surface area contributed by atoms with E-state index in [0.717, 1.165) is 0 Å². The summed E-state index contributed by atoms with van der Waals surface area (Å²) in [4.78, 5) is 60.0. The molecular formula is C6N12O12. The first-order valence-corrected chi connectivity index (χ1v) is 6.47. The van der Waals surface area contributed by atoms with E-state index in [1.165, 1.54) is 0 Å². The number of hydrogen-bond donors (Lipinski definition) is 0. The zero-order valence-electron chi connectivity index (χ0n) is 13.3. The fourth-order valence-corrected chi connectivity index (χ4v) is 1.84. The third-order valence-electron chi connectivity index (χ3n) is 3.23. The summed E-state index contributed by atoms with van der Waals surface area (Å²) in [7, 11) is 0. The van der Waals surface area contributed by atoms with Crippen LogP contribution >= 0.6 is 0 Å². The zero-order valence-corrected chi connectivity index (χ0v) is 13.3. The molecule has 0 spiro atoms. The van der Waals surface area contributed by atoms with Crippen LogP contribution in [0.5, 0.6) is 0 Å². The van der Waals surface area contributed by atoms with Gasteiger partial charge in [-0.25, -0.2) is 0 Å². The SMILES string of the molecule is O=[N+]([O-])C(C1=NC(=C2N=NC(C([N+](=O)[O-])([N+](=O)[O-])[N+](=O)[O-])=N2)N=N1)([N+](=O)[O-])[N+](=O)[O-]. The van der Waals surface area contributed by atoms with Gasteiger partial charge >= 0.3 is 23.2 Å². The summed E-state index contributed by atoms with van der Waals surface area (Å²) < 4.78 is 0. The van der Waals surface area contributed by atoms with Crippen LogP contribution in [-0.2, 0) is 0 Å². The monoisotopic (exact) mass is 432 g/mol. The molecule has 0 atom stereocenters. The molecule has 0 unspecified atom stereocenters. The van der Waals surface area contributed by atoms with Crippen molar-refractivity contribution in [2.24, 2.45) is 30.4 Å². The fourth-order valence-electron chi connectivity index (χ4n) is 1.84. The van der Waals surface area contributed by atoms with Crippen LogP contribution in [-0.4, -0.2) is 52.8 Å². The van der Waals surface area contributed by atoms with E-state index in [4.69, 9.17) is 0 Å². The molecule has 0 aromatic heterocycles. The van der Waals surface area contributed by atoms with Gasteiger partial charge in [-0.15, -0.1) is 20.5 Å². The number of amidine groups is 2. The molecule has 2 aliphatic rings. The van der Waals surface area contributed by atoms with Crippen molar-refractivity contribution in [3.05, 3.63) is 72.3 Å². The van der Waals surface area contributed by atoms with E-state index in [1.54, 1.807) is 0 Å². The second-order valence-electron chi connectivity index (χ2n) is 4.73. The molecule has 2 rings (SSSR count). The number of hydrogen-bond acceptors (Lipinski definition) is 18. The zero-order chi connectivity index (χ0) is 23.0. The Hall–Kier alpha value is -5.32. The minimum absolute atomic E-state index is 1.09. The molecule has 0 bridgehead atoms. The van der Waals surface area contributed by atoms with Crippen molar-refractivity contribution in [2.75, 3.05) is 0 Å². The Bertz CT molecular complexity index is 923. The Balaban J connectivity index is 2.66. The van der Waals surface area contributed by atoms with Gasteiger partial charge in [0.05, 0.1) is 0 Å². The standard InChI is InChI=1S/C6N12O12/c19-13(20)5(14(21)22,15(23)24)3-7-1(9-11-3)2-8-4(12-10-2)6(16(25)26,17(27)28)18(29)30. The first kappa shape index (κ1) is 21.0. The smallest absolute Gasteiger partial charge is 0.252 e. The van der Waals surface area contributed by atoms with Gasteiger partial charge in [-0.05, 0) is 0 Å². The van der Waals surface area contributed by atoms with Gasteiger partial charge in [0.1, 0.15) is 0 Å². The van der Waals surface area contributed by atoms with Gasteiger partial charge in [0, 0.05) is 0 Å². The van der Waals surface area contributed by atoms with Gasteiger partial charge in [-0.1, -0.05) is 0 Å². The van der Waals surface area contributed by atoms with Gasteiger partial charge in [0.2, 0.25) is 11.6 Å². The molecule has 0 saturated heterocycles. The molecule has 24 nitrogen and oxygen atoms in total. The minimum atomic E-state index is -4.31. The number of nitro groups is 6. The Morgan fingerprint density at radius 2 is 0.700 bits per heavy atom. The number of azo groups is 2. The molecule has 0 aromatic carbocycles. The van der Waals surface area contributed by atoms with Crippen LogP contribution in [0.15, 0.2) is 42.1 Å². The number of nitrogens with zero attached hydrogens (tertiary/aromatic N) is 12. The highest BCUT2D eigenvalue weighted by atomic mass is 16.7. The topological polar surface area (TPSA) is 333 Å². The van der Waals surface area contributed by atoms with Crippen molar-refractivity contribution in [2.45, 2.75) is 11.6 Å². The van der Waals surface area contributed by atoms with Gasteiger partial charge in [0.25, 0.3) is 0 Å². The van der Waals surface area contributed by atoms with Crippen LogP contribution in [0.25, 0.3) is 0 Å². The van der Waals surface area contributed by atoms with Crippen molar-refractivity contribution < 1.29 is 29.5 Å². The summed E-state index contributed by atoms with van der Waals surface area (Å²) in [5.41, 5.74) is 0. The molecule has 30 heavy (non-hydrogen) atoms. The number of rotatable bonds is 8.